The highest BCUT2D eigenvalue weighted by atomic mass is 16.6. The number of carbonyl (C=O) groups excluding carboxylic acids is 1. The molecule has 4 heteroatoms. The Kier molecular flexibility index (Phi) is 7.84. The molecule has 2 aliphatic rings. The number of hydrogen-bond donors (Lipinski definition) is 2. The van der Waals surface area contributed by atoms with Gasteiger partial charge in [-0.05, 0) is 45.3 Å². The zero-order valence-corrected chi connectivity index (χ0v) is 15.2. The van der Waals surface area contributed by atoms with Crippen molar-refractivity contribution in [2.45, 2.75) is 84.3 Å². The molecule has 2 aliphatic heterocycles. The number of esters is 1. The molecule has 0 aromatic rings. The van der Waals surface area contributed by atoms with E-state index in [4.69, 9.17) is 4.74 Å². The van der Waals surface area contributed by atoms with Gasteiger partial charge in [-0.3, -0.25) is 10.1 Å². The Morgan fingerprint density at radius 3 is 2.48 bits per heavy atom. The van der Waals surface area contributed by atoms with Gasteiger partial charge in [0.2, 0.25) is 0 Å². The molecule has 134 valence electrons. The predicted octanol–water partition coefficient (Wildman–Crippen LogP) is 3.61. The third kappa shape index (κ3) is 5.46. The van der Waals surface area contributed by atoms with Gasteiger partial charge in [0.05, 0.1) is 5.92 Å². The van der Waals surface area contributed by atoms with E-state index < -0.39 is 0 Å². The summed E-state index contributed by atoms with van der Waals surface area (Å²) in [7, 11) is 0. The Morgan fingerprint density at radius 2 is 1.74 bits per heavy atom. The summed E-state index contributed by atoms with van der Waals surface area (Å²) in [5, 5.41) is 6.84. The average Bonchev–Trinajstić information content (AvgIpc) is 2.93. The maximum absolute atomic E-state index is 12.4. The smallest absolute Gasteiger partial charge is 0.310 e. The summed E-state index contributed by atoms with van der Waals surface area (Å²) < 4.78 is 5.88. The molecule has 2 atom stereocenters. The number of hydrogen-bond acceptors (Lipinski definition) is 4. The van der Waals surface area contributed by atoms with Crippen molar-refractivity contribution in [1.29, 1.82) is 0 Å². The van der Waals surface area contributed by atoms with Crippen LogP contribution >= 0.6 is 0 Å². The molecule has 0 radical (unpaired) electrons. The number of piperidine rings is 1. The van der Waals surface area contributed by atoms with Crippen LogP contribution in [0.15, 0.2) is 0 Å². The van der Waals surface area contributed by atoms with E-state index in [-0.39, 0.29) is 23.5 Å². The Hall–Kier alpha value is -0.610. The van der Waals surface area contributed by atoms with E-state index in [1.54, 1.807) is 0 Å². The van der Waals surface area contributed by atoms with Gasteiger partial charge in [0.15, 0.2) is 6.23 Å². The molecule has 0 bridgehead atoms. The van der Waals surface area contributed by atoms with Crippen LogP contribution < -0.4 is 10.6 Å². The first-order valence-corrected chi connectivity index (χ1v) is 9.82. The SMILES string of the molecule is CCCCCCCCC(C)C(=O)OC1NCCC12CCNCC2. The minimum absolute atomic E-state index is 0.00383. The molecule has 1 spiro atoms. The number of nitrogens with one attached hydrogen (secondary N) is 2. The van der Waals surface area contributed by atoms with Crippen LogP contribution in [0.2, 0.25) is 0 Å². The Labute approximate surface area is 142 Å². The van der Waals surface area contributed by atoms with Crippen molar-refractivity contribution >= 4 is 5.97 Å². The van der Waals surface area contributed by atoms with Crippen molar-refractivity contribution in [3.63, 3.8) is 0 Å². The van der Waals surface area contributed by atoms with Crippen LogP contribution in [-0.2, 0) is 9.53 Å². The lowest BCUT2D eigenvalue weighted by Crippen LogP contribution is -2.47. The summed E-state index contributed by atoms with van der Waals surface area (Å²) in [5.41, 5.74) is 0.181. The van der Waals surface area contributed by atoms with Crippen LogP contribution in [-0.4, -0.2) is 31.8 Å². The van der Waals surface area contributed by atoms with Gasteiger partial charge in [-0.15, -0.1) is 0 Å². The van der Waals surface area contributed by atoms with E-state index in [1.807, 2.05) is 6.92 Å². The fourth-order valence-electron chi connectivity index (χ4n) is 3.98. The monoisotopic (exact) mass is 324 g/mol. The molecule has 0 aromatic heterocycles. The second-order valence-electron chi connectivity index (χ2n) is 7.59. The molecule has 2 saturated heterocycles. The maximum Gasteiger partial charge on any atom is 0.310 e. The van der Waals surface area contributed by atoms with Crippen molar-refractivity contribution < 1.29 is 9.53 Å². The molecule has 2 heterocycles. The van der Waals surface area contributed by atoms with E-state index in [0.717, 1.165) is 51.7 Å². The second kappa shape index (κ2) is 9.63. The summed E-state index contributed by atoms with van der Waals surface area (Å²) in [5.74, 6) is 0.0261. The molecule has 0 saturated carbocycles. The lowest BCUT2D eigenvalue weighted by molar-refractivity contribution is -0.162. The normalized spacial score (nSPS) is 24.7. The number of rotatable bonds is 9. The number of ether oxygens (including phenoxy) is 1. The van der Waals surface area contributed by atoms with Crippen molar-refractivity contribution in [3.05, 3.63) is 0 Å². The van der Waals surface area contributed by atoms with Crippen LogP contribution in [0.4, 0.5) is 0 Å². The van der Waals surface area contributed by atoms with Crippen LogP contribution in [0.5, 0.6) is 0 Å². The lowest BCUT2D eigenvalue weighted by Gasteiger charge is -2.38. The summed E-state index contributed by atoms with van der Waals surface area (Å²) in [6, 6.07) is 0. The van der Waals surface area contributed by atoms with Gasteiger partial charge < -0.3 is 10.1 Å². The summed E-state index contributed by atoms with van der Waals surface area (Å²) >= 11 is 0. The van der Waals surface area contributed by atoms with Crippen LogP contribution in [0.1, 0.15) is 78.1 Å². The van der Waals surface area contributed by atoms with Gasteiger partial charge >= 0.3 is 5.97 Å². The van der Waals surface area contributed by atoms with Crippen molar-refractivity contribution in [2.75, 3.05) is 19.6 Å². The minimum Gasteiger partial charge on any atom is -0.446 e. The first-order chi connectivity index (χ1) is 11.2. The highest BCUT2D eigenvalue weighted by molar-refractivity contribution is 5.72. The number of unbranched alkanes of at least 4 members (excludes halogenated alkanes) is 5. The minimum atomic E-state index is -0.0656. The van der Waals surface area contributed by atoms with Gasteiger partial charge in [-0.25, -0.2) is 0 Å². The van der Waals surface area contributed by atoms with Gasteiger partial charge in [0, 0.05) is 5.41 Å². The molecule has 23 heavy (non-hydrogen) atoms. The number of carbonyl (C=O) groups is 1. The molecule has 0 aromatic carbocycles. The third-order valence-electron chi connectivity index (χ3n) is 5.74. The average molecular weight is 325 g/mol. The van der Waals surface area contributed by atoms with Gasteiger partial charge in [-0.2, -0.15) is 0 Å². The molecular formula is C19H36N2O2. The molecule has 0 amide bonds. The molecular weight excluding hydrogens is 288 g/mol. The Bertz CT molecular complexity index is 353. The second-order valence-corrected chi connectivity index (χ2v) is 7.59. The molecule has 2 unspecified atom stereocenters. The summed E-state index contributed by atoms with van der Waals surface area (Å²) in [6.07, 6.45) is 11.9. The summed E-state index contributed by atoms with van der Waals surface area (Å²) in [4.78, 5) is 12.4. The lowest BCUT2D eigenvalue weighted by atomic mass is 9.77. The van der Waals surface area contributed by atoms with Crippen LogP contribution in [0.3, 0.4) is 0 Å². The van der Waals surface area contributed by atoms with Crippen molar-refractivity contribution in [1.82, 2.24) is 10.6 Å². The van der Waals surface area contributed by atoms with Gasteiger partial charge in [0.25, 0.3) is 0 Å². The topological polar surface area (TPSA) is 50.4 Å². The molecule has 2 N–H and O–H groups in total. The maximum atomic E-state index is 12.4. The standard InChI is InChI=1S/C19H36N2O2/c1-3-4-5-6-7-8-9-16(2)17(22)23-18-19(12-15-21-18)10-13-20-14-11-19/h16,18,20-21H,3-15H2,1-2H3. The van der Waals surface area contributed by atoms with E-state index in [2.05, 4.69) is 17.6 Å². The molecule has 4 nitrogen and oxygen atoms in total. The fraction of sp³-hybridized carbons (Fsp3) is 0.947. The van der Waals surface area contributed by atoms with Crippen molar-refractivity contribution in [2.24, 2.45) is 11.3 Å². The Morgan fingerprint density at radius 1 is 1.09 bits per heavy atom. The molecule has 2 rings (SSSR count). The largest absolute Gasteiger partial charge is 0.446 e. The summed E-state index contributed by atoms with van der Waals surface area (Å²) in [6.45, 7) is 7.33. The molecule has 0 aliphatic carbocycles. The fourth-order valence-corrected chi connectivity index (χ4v) is 3.98. The zero-order chi connectivity index (χ0) is 16.5. The highest BCUT2D eigenvalue weighted by Crippen LogP contribution is 2.40. The quantitative estimate of drug-likeness (QED) is 0.502. The van der Waals surface area contributed by atoms with E-state index in [1.165, 1.54) is 32.1 Å². The van der Waals surface area contributed by atoms with E-state index in [0.29, 0.717) is 0 Å². The van der Waals surface area contributed by atoms with E-state index in [9.17, 15) is 4.79 Å². The molecule has 2 fully saturated rings. The van der Waals surface area contributed by atoms with Gasteiger partial charge in [0.1, 0.15) is 0 Å². The van der Waals surface area contributed by atoms with Crippen LogP contribution in [0, 0.1) is 11.3 Å². The van der Waals surface area contributed by atoms with Crippen molar-refractivity contribution in [3.8, 4) is 0 Å². The first kappa shape index (κ1) is 18.7. The highest BCUT2D eigenvalue weighted by Gasteiger charge is 2.45. The third-order valence-corrected chi connectivity index (χ3v) is 5.74. The zero-order valence-electron chi connectivity index (χ0n) is 15.2. The first-order valence-electron chi connectivity index (χ1n) is 9.82. The predicted molar refractivity (Wildman–Crippen MR) is 94.2 cm³/mol. The van der Waals surface area contributed by atoms with E-state index >= 15 is 0 Å². The van der Waals surface area contributed by atoms with Gasteiger partial charge in [-0.1, -0.05) is 52.4 Å². The van der Waals surface area contributed by atoms with Crippen LogP contribution in [0.25, 0.3) is 0 Å². The Balaban J connectivity index is 1.68.